The molecule has 112 valence electrons. The van der Waals surface area contributed by atoms with Gasteiger partial charge in [-0.05, 0) is 36.6 Å². The molecule has 1 nitrogen and oxygen atoms in total. The highest BCUT2D eigenvalue weighted by Gasteiger charge is 2.33. The molecule has 0 aliphatic heterocycles. The Hall–Kier alpha value is -0.890. The van der Waals surface area contributed by atoms with E-state index in [9.17, 15) is 4.39 Å². The molecular weight excluding hydrogens is 249 g/mol. The molecule has 0 spiro atoms. The van der Waals surface area contributed by atoms with Crippen LogP contribution < -0.4 is 5.32 Å². The molecule has 0 radical (unpaired) electrons. The van der Waals surface area contributed by atoms with Crippen molar-refractivity contribution < 1.29 is 4.39 Å². The molecule has 1 aromatic rings. The molecule has 1 fully saturated rings. The molecule has 0 bridgehead atoms. The molecule has 1 aromatic carbocycles. The van der Waals surface area contributed by atoms with Crippen LogP contribution in [0.3, 0.4) is 0 Å². The Morgan fingerprint density at radius 3 is 2.35 bits per heavy atom. The van der Waals surface area contributed by atoms with Crippen LogP contribution in [0.15, 0.2) is 24.3 Å². The molecule has 0 heterocycles. The van der Waals surface area contributed by atoms with Crippen molar-refractivity contribution in [3.05, 3.63) is 35.6 Å². The van der Waals surface area contributed by atoms with Gasteiger partial charge in [-0.15, -0.1) is 0 Å². The lowest BCUT2D eigenvalue weighted by Gasteiger charge is -2.37. The molecular formula is C18H28FN. The van der Waals surface area contributed by atoms with Crippen LogP contribution in [0.25, 0.3) is 0 Å². The molecule has 0 aromatic heterocycles. The van der Waals surface area contributed by atoms with Crippen molar-refractivity contribution in [2.45, 2.75) is 64.3 Å². The fourth-order valence-corrected chi connectivity index (χ4v) is 3.54. The van der Waals surface area contributed by atoms with Gasteiger partial charge in [-0.2, -0.15) is 0 Å². The Labute approximate surface area is 123 Å². The first-order valence-corrected chi connectivity index (χ1v) is 8.03. The summed E-state index contributed by atoms with van der Waals surface area (Å²) < 4.78 is 13.1. The standard InChI is InChI=1S/C18H28FN/c1-4-20-17(13-14-7-5-6-8-14)18(2,3)15-9-11-16(19)12-10-15/h9-12,14,17,20H,4-8,13H2,1-3H3. The van der Waals surface area contributed by atoms with E-state index in [1.54, 1.807) is 12.1 Å². The first-order chi connectivity index (χ1) is 9.54. The van der Waals surface area contributed by atoms with Crippen molar-refractivity contribution in [1.82, 2.24) is 5.32 Å². The van der Waals surface area contributed by atoms with Crippen LogP contribution in [0.4, 0.5) is 4.39 Å². The average molecular weight is 277 g/mol. The van der Waals surface area contributed by atoms with E-state index in [4.69, 9.17) is 0 Å². The van der Waals surface area contributed by atoms with Gasteiger partial charge in [0, 0.05) is 11.5 Å². The van der Waals surface area contributed by atoms with Crippen LogP contribution in [-0.4, -0.2) is 12.6 Å². The lowest BCUT2D eigenvalue weighted by molar-refractivity contribution is 0.284. The summed E-state index contributed by atoms with van der Waals surface area (Å²) in [5.74, 6) is 0.708. The fourth-order valence-electron chi connectivity index (χ4n) is 3.54. The van der Waals surface area contributed by atoms with Crippen molar-refractivity contribution in [3.63, 3.8) is 0 Å². The van der Waals surface area contributed by atoms with E-state index < -0.39 is 0 Å². The van der Waals surface area contributed by atoms with Gasteiger partial charge in [0.2, 0.25) is 0 Å². The molecule has 0 amide bonds. The van der Waals surface area contributed by atoms with E-state index in [-0.39, 0.29) is 11.2 Å². The SMILES string of the molecule is CCNC(CC1CCCC1)C(C)(C)c1ccc(F)cc1. The number of hydrogen-bond donors (Lipinski definition) is 1. The topological polar surface area (TPSA) is 12.0 Å². The maximum absolute atomic E-state index is 13.1. The Balaban J connectivity index is 2.14. The Morgan fingerprint density at radius 1 is 1.20 bits per heavy atom. The van der Waals surface area contributed by atoms with Gasteiger partial charge in [-0.1, -0.05) is 58.6 Å². The zero-order valence-corrected chi connectivity index (χ0v) is 13.1. The number of hydrogen-bond acceptors (Lipinski definition) is 1. The molecule has 2 heteroatoms. The predicted octanol–water partition coefficient (Wildman–Crippen LogP) is 4.66. The zero-order valence-electron chi connectivity index (χ0n) is 13.1. The number of halogens is 1. The van der Waals surface area contributed by atoms with E-state index in [0.717, 1.165) is 12.5 Å². The van der Waals surface area contributed by atoms with Crippen molar-refractivity contribution in [3.8, 4) is 0 Å². The predicted molar refractivity (Wildman–Crippen MR) is 83.5 cm³/mol. The van der Waals surface area contributed by atoms with Crippen molar-refractivity contribution in [2.75, 3.05) is 6.54 Å². The molecule has 1 N–H and O–H groups in total. The second-order valence-corrected chi connectivity index (χ2v) is 6.73. The maximum Gasteiger partial charge on any atom is 0.123 e. The van der Waals surface area contributed by atoms with Crippen molar-refractivity contribution >= 4 is 0 Å². The number of benzene rings is 1. The van der Waals surface area contributed by atoms with Crippen LogP contribution in [0.2, 0.25) is 0 Å². The van der Waals surface area contributed by atoms with Gasteiger partial charge in [0.25, 0.3) is 0 Å². The molecule has 1 atom stereocenters. The van der Waals surface area contributed by atoms with E-state index in [0.29, 0.717) is 6.04 Å². The smallest absolute Gasteiger partial charge is 0.123 e. The maximum atomic E-state index is 13.1. The molecule has 20 heavy (non-hydrogen) atoms. The first kappa shape index (κ1) is 15.5. The summed E-state index contributed by atoms with van der Waals surface area (Å²) in [7, 11) is 0. The Kier molecular flexibility index (Phi) is 5.20. The fraction of sp³-hybridized carbons (Fsp3) is 0.667. The van der Waals surface area contributed by atoms with Crippen LogP contribution in [-0.2, 0) is 5.41 Å². The first-order valence-electron chi connectivity index (χ1n) is 8.03. The highest BCUT2D eigenvalue weighted by molar-refractivity contribution is 5.26. The monoisotopic (exact) mass is 277 g/mol. The van der Waals surface area contributed by atoms with Crippen molar-refractivity contribution in [1.29, 1.82) is 0 Å². The minimum atomic E-state index is -0.152. The highest BCUT2D eigenvalue weighted by Crippen LogP contribution is 2.35. The minimum absolute atomic E-state index is 0.0340. The third-order valence-electron chi connectivity index (χ3n) is 4.95. The normalized spacial score (nSPS) is 18.4. The van der Waals surface area contributed by atoms with Crippen LogP contribution >= 0.6 is 0 Å². The van der Waals surface area contributed by atoms with Gasteiger partial charge < -0.3 is 5.32 Å². The largest absolute Gasteiger partial charge is 0.313 e. The number of likely N-dealkylation sites (N-methyl/N-ethyl adjacent to an activating group) is 1. The van der Waals surface area contributed by atoms with E-state index in [1.165, 1.54) is 37.7 Å². The molecule has 1 saturated carbocycles. The molecule has 1 aliphatic carbocycles. The van der Waals surface area contributed by atoms with E-state index >= 15 is 0 Å². The summed E-state index contributed by atoms with van der Waals surface area (Å²) in [6, 6.07) is 7.49. The van der Waals surface area contributed by atoms with Crippen LogP contribution in [0.5, 0.6) is 0 Å². The summed E-state index contributed by atoms with van der Waals surface area (Å²) in [4.78, 5) is 0. The van der Waals surface area contributed by atoms with Gasteiger partial charge in [0.15, 0.2) is 0 Å². The zero-order chi connectivity index (χ0) is 14.6. The lowest BCUT2D eigenvalue weighted by atomic mass is 9.74. The molecule has 1 unspecified atom stereocenters. The summed E-state index contributed by atoms with van der Waals surface area (Å²) in [5.41, 5.74) is 1.26. The van der Waals surface area contributed by atoms with Gasteiger partial charge in [0.1, 0.15) is 5.82 Å². The average Bonchev–Trinajstić information content (AvgIpc) is 2.92. The van der Waals surface area contributed by atoms with E-state index in [1.807, 2.05) is 12.1 Å². The summed E-state index contributed by atoms with van der Waals surface area (Å²) in [6.07, 6.45) is 6.77. The highest BCUT2D eigenvalue weighted by atomic mass is 19.1. The Morgan fingerprint density at radius 2 is 1.80 bits per heavy atom. The second-order valence-electron chi connectivity index (χ2n) is 6.73. The van der Waals surface area contributed by atoms with E-state index in [2.05, 4.69) is 26.1 Å². The second kappa shape index (κ2) is 6.71. The lowest BCUT2D eigenvalue weighted by Crippen LogP contribution is -2.45. The van der Waals surface area contributed by atoms with Crippen molar-refractivity contribution in [2.24, 2.45) is 5.92 Å². The third kappa shape index (κ3) is 3.60. The van der Waals surface area contributed by atoms with Gasteiger partial charge in [-0.3, -0.25) is 0 Å². The quantitative estimate of drug-likeness (QED) is 0.797. The number of rotatable bonds is 6. The summed E-state index contributed by atoms with van der Waals surface area (Å²) >= 11 is 0. The Bertz CT molecular complexity index is 404. The van der Waals surface area contributed by atoms with Gasteiger partial charge in [-0.25, -0.2) is 4.39 Å². The minimum Gasteiger partial charge on any atom is -0.313 e. The molecule has 2 rings (SSSR count). The third-order valence-corrected chi connectivity index (χ3v) is 4.95. The summed E-state index contributed by atoms with van der Waals surface area (Å²) in [5, 5.41) is 3.67. The summed E-state index contributed by atoms with van der Waals surface area (Å²) in [6.45, 7) is 7.72. The van der Waals surface area contributed by atoms with Crippen LogP contribution in [0, 0.1) is 11.7 Å². The van der Waals surface area contributed by atoms with Gasteiger partial charge in [0.05, 0.1) is 0 Å². The number of nitrogens with one attached hydrogen (secondary N) is 1. The van der Waals surface area contributed by atoms with Gasteiger partial charge >= 0.3 is 0 Å². The molecule has 1 aliphatic rings. The molecule has 0 saturated heterocycles. The van der Waals surface area contributed by atoms with Crippen LogP contribution in [0.1, 0.15) is 58.4 Å².